The average Bonchev–Trinajstić information content (AvgIpc) is 2.77. The standard InChI is InChI=1S/C7H5N.C4H4S/c8-6-7-4-2-1-3-5-7;1-2-4-5-3-1/h1-5H;1-4H. The van der Waals surface area contributed by atoms with Crippen molar-refractivity contribution in [1.29, 1.82) is 5.26 Å². The van der Waals surface area contributed by atoms with Gasteiger partial charge < -0.3 is 0 Å². The van der Waals surface area contributed by atoms with E-state index < -0.39 is 0 Å². The third kappa shape index (κ3) is 4.09. The Morgan fingerprint density at radius 1 is 0.923 bits per heavy atom. The normalized spacial score (nSPS) is 7.92. The molecule has 0 aliphatic heterocycles. The molecule has 0 aliphatic rings. The van der Waals surface area contributed by atoms with Gasteiger partial charge >= 0.3 is 0 Å². The summed E-state index contributed by atoms with van der Waals surface area (Å²) in [7, 11) is 0. The maximum absolute atomic E-state index is 8.29. The van der Waals surface area contributed by atoms with Crippen LogP contribution in [-0.2, 0) is 0 Å². The monoisotopic (exact) mass is 187 g/mol. The number of rotatable bonds is 0. The molecule has 0 bridgehead atoms. The van der Waals surface area contributed by atoms with Gasteiger partial charge in [0.05, 0.1) is 11.6 Å². The van der Waals surface area contributed by atoms with E-state index in [1.165, 1.54) is 0 Å². The second kappa shape index (κ2) is 5.99. The highest BCUT2D eigenvalue weighted by Crippen LogP contribution is 1.93. The van der Waals surface area contributed by atoms with Crippen LogP contribution in [0.5, 0.6) is 0 Å². The third-order valence-corrected chi connectivity index (χ3v) is 1.96. The second-order valence-corrected chi connectivity index (χ2v) is 3.09. The first-order valence-corrected chi connectivity index (χ1v) is 4.80. The zero-order valence-corrected chi connectivity index (χ0v) is 7.87. The summed E-state index contributed by atoms with van der Waals surface area (Å²) in [6, 6.07) is 15.2. The molecule has 1 nitrogen and oxygen atoms in total. The first-order valence-electron chi connectivity index (χ1n) is 3.86. The van der Waals surface area contributed by atoms with Gasteiger partial charge in [0.2, 0.25) is 0 Å². The molecule has 0 saturated heterocycles. The maximum Gasteiger partial charge on any atom is 0.0991 e. The molecule has 2 rings (SSSR count). The molecule has 0 fully saturated rings. The van der Waals surface area contributed by atoms with Crippen molar-refractivity contribution in [2.45, 2.75) is 0 Å². The van der Waals surface area contributed by atoms with Crippen LogP contribution in [0.2, 0.25) is 0 Å². The van der Waals surface area contributed by atoms with E-state index in [2.05, 4.69) is 0 Å². The van der Waals surface area contributed by atoms with E-state index in [0.717, 1.165) is 0 Å². The van der Waals surface area contributed by atoms with Gasteiger partial charge in [-0.3, -0.25) is 0 Å². The lowest BCUT2D eigenvalue weighted by molar-refractivity contribution is 1.49. The van der Waals surface area contributed by atoms with E-state index in [-0.39, 0.29) is 0 Å². The van der Waals surface area contributed by atoms with Gasteiger partial charge in [0.1, 0.15) is 0 Å². The van der Waals surface area contributed by atoms with Crippen LogP contribution in [0, 0.1) is 11.3 Å². The lowest BCUT2D eigenvalue weighted by atomic mass is 10.2. The fourth-order valence-electron chi connectivity index (χ4n) is 0.739. The van der Waals surface area contributed by atoms with E-state index in [0.29, 0.717) is 5.56 Å². The van der Waals surface area contributed by atoms with Crippen molar-refractivity contribution in [2.24, 2.45) is 0 Å². The minimum atomic E-state index is 0.715. The topological polar surface area (TPSA) is 23.8 Å². The summed E-state index contributed by atoms with van der Waals surface area (Å²) in [4.78, 5) is 0. The van der Waals surface area contributed by atoms with Gasteiger partial charge in [-0.2, -0.15) is 16.6 Å². The van der Waals surface area contributed by atoms with Gasteiger partial charge in [-0.25, -0.2) is 0 Å². The molecule has 13 heavy (non-hydrogen) atoms. The smallest absolute Gasteiger partial charge is 0.0991 e. The molecule has 0 amide bonds. The van der Waals surface area contributed by atoms with Crippen LogP contribution in [-0.4, -0.2) is 0 Å². The number of nitrogens with zero attached hydrogens (tertiary/aromatic N) is 1. The van der Waals surface area contributed by atoms with Gasteiger partial charge in [0.25, 0.3) is 0 Å². The Kier molecular flexibility index (Phi) is 4.37. The molecule has 0 unspecified atom stereocenters. The van der Waals surface area contributed by atoms with Crippen LogP contribution in [0.4, 0.5) is 0 Å². The predicted molar refractivity (Wildman–Crippen MR) is 55.5 cm³/mol. The summed E-state index contributed by atoms with van der Waals surface area (Å²) in [6.07, 6.45) is 0. The molecular weight excluding hydrogens is 178 g/mol. The first kappa shape index (κ1) is 9.50. The van der Waals surface area contributed by atoms with Gasteiger partial charge in [-0.15, -0.1) is 0 Å². The van der Waals surface area contributed by atoms with Gasteiger partial charge in [-0.05, 0) is 22.9 Å². The molecule has 0 atom stereocenters. The van der Waals surface area contributed by atoms with Crippen molar-refractivity contribution in [1.82, 2.24) is 0 Å². The zero-order chi connectivity index (χ0) is 9.36. The van der Waals surface area contributed by atoms with Crippen LogP contribution in [0.1, 0.15) is 5.56 Å². The summed E-state index contributed by atoms with van der Waals surface area (Å²) in [5, 5.41) is 12.4. The molecular formula is C11H9NS. The minimum Gasteiger partial charge on any atom is -0.192 e. The number of benzene rings is 1. The van der Waals surface area contributed by atoms with Crippen molar-refractivity contribution in [3.05, 3.63) is 58.8 Å². The minimum absolute atomic E-state index is 0.715. The van der Waals surface area contributed by atoms with Crippen molar-refractivity contribution in [3.8, 4) is 6.07 Å². The molecule has 0 N–H and O–H groups in total. The maximum atomic E-state index is 8.29. The third-order valence-electron chi connectivity index (χ3n) is 1.33. The highest BCUT2D eigenvalue weighted by atomic mass is 32.1. The lowest BCUT2D eigenvalue weighted by Crippen LogP contribution is -1.66. The van der Waals surface area contributed by atoms with Crippen LogP contribution in [0.3, 0.4) is 0 Å². The number of nitriles is 1. The van der Waals surface area contributed by atoms with E-state index in [4.69, 9.17) is 5.26 Å². The second-order valence-electron chi connectivity index (χ2n) is 2.27. The Bertz CT molecular complexity index is 328. The van der Waals surface area contributed by atoms with Gasteiger partial charge in [0, 0.05) is 0 Å². The van der Waals surface area contributed by atoms with Crippen LogP contribution in [0.25, 0.3) is 0 Å². The van der Waals surface area contributed by atoms with Crippen LogP contribution < -0.4 is 0 Å². The summed E-state index contributed by atoms with van der Waals surface area (Å²) in [5.74, 6) is 0. The number of hydrogen-bond donors (Lipinski definition) is 0. The van der Waals surface area contributed by atoms with Crippen molar-refractivity contribution in [2.75, 3.05) is 0 Å². The molecule has 0 radical (unpaired) electrons. The Morgan fingerprint density at radius 3 is 1.85 bits per heavy atom. The fraction of sp³-hybridized carbons (Fsp3) is 0. The van der Waals surface area contributed by atoms with Crippen molar-refractivity contribution >= 4 is 11.3 Å². The molecule has 0 spiro atoms. The molecule has 1 aromatic heterocycles. The van der Waals surface area contributed by atoms with Gasteiger partial charge in [-0.1, -0.05) is 30.3 Å². The molecule has 0 saturated carbocycles. The zero-order valence-electron chi connectivity index (χ0n) is 7.05. The molecule has 1 aromatic carbocycles. The Hall–Kier alpha value is -1.59. The molecule has 2 heteroatoms. The summed E-state index contributed by atoms with van der Waals surface area (Å²) in [5.41, 5.74) is 0.715. The summed E-state index contributed by atoms with van der Waals surface area (Å²) < 4.78 is 0. The molecule has 2 aromatic rings. The average molecular weight is 187 g/mol. The van der Waals surface area contributed by atoms with Crippen molar-refractivity contribution < 1.29 is 0 Å². The highest BCUT2D eigenvalue weighted by molar-refractivity contribution is 7.07. The Labute approximate surface area is 81.9 Å². The largest absolute Gasteiger partial charge is 0.192 e. The predicted octanol–water partition coefficient (Wildman–Crippen LogP) is 3.31. The fourth-order valence-corrected chi connectivity index (χ4v) is 1.19. The van der Waals surface area contributed by atoms with Gasteiger partial charge in [0.15, 0.2) is 0 Å². The van der Waals surface area contributed by atoms with Crippen LogP contribution in [0.15, 0.2) is 53.2 Å². The summed E-state index contributed by atoms with van der Waals surface area (Å²) in [6.45, 7) is 0. The van der Waals surface area contributed by atoms with Crippen LogP contribution >= 0.6 is 11.3 Å². The van der Waals surface area contributed by atoms with Crippen molar-refractivity contribution in [3.63, 3.8) is 0 Å². The van der Waals surface area contributed by atoms with E-state index >= 15 is 0 Å². The number of thiophene rings is 1. The summed E-state index contributed by atoms with van der Waals surface area (Å²) >= 11 is 1.71. The quantitative estimate of drug-likeness (QED) is 0.620. The lowest BCUT2D eigenvalue weighted by Gasteiger charge is -1.80. The Balaban J connectivity index is 0.000000145. The molecule has 1 heterocycles. The molecule has 64 valence electrons. The Morgan fingerprint density at radius 2 is 1.54 bits per heavy atom. The van der Waals surface area contributed by atoms with E-state index in [1.54, 1.807) is 23.5 Å². The number of hydrogen-bond acceptors (Lipinski definition) is 2. The highest BCUT2D eigenvalue weighted by Gasteiger charge is 1.79. The van der Waals surface area contributed by atoms with E-state index in [1.807, 2.05) is 47.2 Å². The molecule has 0 aliphatic carbocycles. The SMILES string of the molecule is N#Cc1ccccc1.c1ccsc1. The first-order chi connectivity index (χ1) is 6.43. The van der Waals surface area contributed by atoms with E-state index in [9.17, 15) is 0 Å².